The number of esters is 1. The van der Waals surface area contributed by atoms with Crippen LogP contribution in [-0.4, -0.2) is 54.2 Å². The molecule has 0 bridgehead atoms. The molecule has 2 aliphatic rings. The fourth-order valence-electron chi connectivity index (χ4n) is 3.51. The highest BCUT2D eigenvalue weighted by molar-refractivity contribution is 8.04. The summed E-state index contributed by atoms with van der Waals surface area (Å²) in [5.74, 6) is 0.0613. The van der Waals surface area contributed by atoms with Crippen LogP contribution in [-0.2, 0) is 14.3 Å². The Morgan fingerprint density at radius 2 is 2.12 bits per heavy atom. The van der Waals surface area contributed by atoms with Gasteiger partial charge in [-0.25, -0.2) is 4.79 Å². The second-order valence-electron chi connectivity index (χ2n) is 6.30. The summed E-state index contributed by atoms with van der Waals surface area (Å²) in [4.78, 5) is 27.7. The normalized spacial score (nSPS) is 22.8. The van der Waals surface area contributed by atoms with Crippen molar-refractivity contribution in [1.82, 2.24) is 9.80 Å². The van der Waals surface area contributed by atoms with Gasteiger partial charge in [0.1, 0.15) is 0 Å². The van der Waals surface area contributed by atoms with E-state index in [1.165, 1.54) is 43.4 Å². The number of amides is 1. The summed E-state index contributed by atoms with van der Waals surface area (Å²) in [7, 11) is 1.35. The maximum atomic E-state index is 12.1. The summed E-state index contributed by atoms with van der Waals surface area (Å²) in [6.45, 7) is 2.71. The van der Waals surface area contributed by atoms with E-state index in [1.54, 1.807) is 4.90 Å². The molecule has 0 aromatic heterocycles. The van der Waals surface area contributed by atoms with Crippen molar-refractivity contribution in [3.8, 4) is 0 Å². The van der Waals surface area contributed by atoms with Gasteiger partial charge in [0.25, 0.3) is 0 Å². The lowest BCUT2D eigenvalue weighted by Gasteiger charge is -2.26. The Morgan fingerprint density at radius 3 is 2.88 bits per heavy atom. The highest BCUT2D eigenvalue weighted by atomic mass is 32.2. The van der Waals surface area contributed by atoms with Crippen molar-refractivity contribution in [3.63, 3.8) is 0 Å². The number of thioether (sulfide) groups is 1. The number of benzene rings is 1. The molecule has 2 saturated heterocycles. The smallest absolute Gasteiger partial charge is 0.333 e. The number of carbonyl (C=O) groups is 2. The SMILES string of the molecule is COC(=O)/C=C1/SCC(=O)N1CCCN1CCC[C@H]1c1ccccc1. The minimum atomic E-state index is -0.411. The zero-order chi connectivity index (χ0) is 17.6. The number of likely N-dealkylation sites (tertiary alicyclic amines) is 1. The number of ether oxygens (including phenoxy) is 1. The first-order valence-corrected chi connectivity index (χ1v) is 9.69. The summed E-state index contributed by atoms with van der Waals surface area (Å²) in [6, 6.07) is 11.1. The topological polar surface area (TPSA) is 49.9 Å². The van der Waals surface area contributed by atoms with Crippen LogP contribution in [0.1, 0.15) is 30.9 Å². The van der Waals surface area contributed by atoms with Gasteiger partial charge in [-0.15, -0.1) is 0 Å². The van der Waals surface area contributed by atoms with Crippen molar-refractivity contribution in [2.75, 3.05) is 32.5 Å². The van der Waals surface area contributed by atoms with Gasteiger partial charge in [0, 0.05) is 19.1 Å². The monoisotopic (exact) mass is 360 g/mol. The average Bonchev–Trinajstić information content (AvgIpc) is 3.24. The van der Waals surface area contributed by atoms with Gasteiger partial charge in [0.2, 0.25) is 5.91 Å². The summed E-state index contributed by atoms with van der Waals surface area (Å²) in [5, 5.41) is 0.706. The first-order valence-electron chi connectivity index (χ1n) is 8.71. The second kappa shape index (κ2) is 8.54. The van der Waals surface area contributed by atoms with Gasteiger partial charge in [0.05, 0.1) is 24.0 Å². The highest BCUT2D eigenvalue weighted by Crippen LogP contribution is 2.32. The Hall–Kier alpha value is -1.79. The molecule has 5 nitrogen and oxygen atoms in total. The van der Waals surface area contributed by atoms with E-state index in [0.717, 1.165) is 19.5 Å². The molecule has 2 fully saturated rings. The molecule has 25 heavy (non-hydrogen) atoms. The standard InChI is InChI=1S/C19H24N2O3S/c1-24-19(23)13-18-21(17(22)14-25-18)12-6-11-20-10-5-9-16(20)15-7-3-2-4-8-15/h2-4,7-8,13,16H,5-6,9-12,14H2,1H3/b18-13+/t16-/m0/s1. The fourth-order valence-corrected chi connectivity index (χ4v) is 4.46. The predicted molar refractivity (Wildman–Crippen MR) is 98.9 cm³/mol. The maximum Gasteiger partial charge on any atom is 0.333 e. The lowest BCUT2D eigenvalue weighted by molar-refractivity contribution is -0.134. The third-order valence-electron chi connectivity index (χ3n) is 4.73. The van der Waals surface area contributed by atoms with Crippen molar-refractivity contribution < 1.29 is 14.3 Å². The van der Waals surface area contributed by atoms with Gasteiger partial charge in [-0.3, -0.25) is 9.69 Å². The molecule has 2 heterocycles. The largest absolute Gasteiger partial charge is 0.466 e. The molecule has 0 unspecified atom stereocenters. The van der Waals surface area contributed by atoms with Crippen LogP contribution in [0, 0.1) is 0 Å². The molecule has 0 N–H and O–H groups in total. The van der Waals surface area contributed by atoms with Crippen molar-refractivity contribution >= 4 is 23.6 Å². The van der Waals surface area contributed by atoms with Crippen LogP contribution in [0.2, 0.25) is 0 Å². The molecule has 1 atom stereocenters. The Kier molecular flexibility index (Phi) is 6.15. The van der Waals surface area contributed by atoms with E-state index in [-0.39, 0.29) is 5.91 Å². The molecule has 0 aliphatic carbocycles. The molecule has 3 rings (SSSR count). The van der Waals surface area contributed by atoms with Crippen molar-refractivity contribution in [1.29, 1.82) is 0 Å². The molecule has 134 valence electrons. The molecular weight excluding hydrogens is 336 g/mol. The number of methoxy groups -OCH3 is 1. The average molecular weight is 360 g/mol. The zero-order valence-electron chi connectivity index (χ0n) is 14.5. The molecule has 2 aliphatic heterocycles. The van der Waals surface area contributed by atoms with Crippen LogP contribution in [0.5, 0.6) is 0 Å². The number of carbonyl (C=O) groups excluding carboxylic acids is 2. The molecular formula is C19H24N2O3S. The first kappa shape index (κ1) is 18.0. The second-order valence-corrected chi connectivity index (χ2v) is 7.29. The van der Waals surface area contributed by atoms with Gasteiger partial charge in [-0.1, -0.05) is 42.1 Å². The first-order chi connectivity index (χ1) is 12.2. The Balaban J connectivity index is 1.55. The van der Waals surface area contributed by atoms with Gasteiger partial charge >= 0.3 is 5.97 Å². The molecule has 1 amide bonds. The summed E-state index contributed by atoms with van der Waals surface area (Å²) < 4.78 is 4.67. The third kappa shape index (κ3) is 4.44. The van der Waals surface area contributed by atoms with Gasteiger partial charge in [-0.2, -0.15) is 0 Å². The highest BCUT2D eigenvalue weighted by Gasteiger charge is 2.29. The van der Waals surface area contributed by atoms with E-state index in [1.807, 2.05) is 0 Å². The van der Waals surface area contributed by atoms with E-state index in [0.29, 0.717) is 23.4 Å². The van der Waals surface area contributed by atoms with Gasteiger partial charge in [0.15, 0.2) is 0 Å². The number of nitrogens with zero attached hydrogens (tertiary/aromatic N) is 2. The summed E-state index contributed by atoms with van der Waals surface area (Å²) in [5.41, 5.74) is 1.37. The number of rotatable bonds is 6. The van der Waals surface area contributed by atoms with Crippen LogP contribution in [0.4, 0.5) is 0 Å². The van der Waals surface area contributed by atoms with E-state index in [9.17, 15) is 9.59 Å². The molecule has 0 spiro atoms. The number of hydrogen-bond donors (Lipinski definition) is 0. The van der Waals surface area contributed by atoms with Crippen molar-refractivity contribution in [3.05, 3.63) is 47.0 Å². The van der Waals surface area contributed by atoms with E-state index in [4.69, 9.17) is 0 Å². The molecule has 0 saturated carbocycles. The van der Waals surface area contributed by atoms with Gasteiger partial charge in [-0.05, 0) is 31.4 Å². The van der Waals surface area contributed by atoms with Crippen LogP contribution in [0.3, 0.4) is 0 Å². The van der Waals surface area contributed by atoms with E-state index in [2.05, 4.69) is 40.0 Å². The molecule has 6 heteroatoms. The van der Waals surface area contributed by atoms with Crippen molar-refractivity contribution in [2.45, 2.75) is 25.3 Å². The van der Waals surface area contributed by atoms with Crippen LogP contribution in [0.15, 0.2) is 41.4 Å². The lowest BCUT2D eigenvalue weighted by Crippen LogP contribution is -2.30. The van der Waals surface area contributed by atoms with E-state index >= 15 is 0 Å². The van der Waals surface area contributed by atoms with Crippen molar-refractivity contribution in [2.24, 2.45) is 0 Å². The molecule has 1 aromatic carbocycles. The lowest BCUT2D eigenvalue weighted by atomic mass is 10.0. The number of hydrogen-bond acceptors (Lipinski definition) is 5. The third-order valence-corrected chi connectivity index (χ3v) is 5.75. The van der Waals surface area contributed by atoms with Crippen LogP contribution < -0.4 is 0 Å². The molecule has 1 aromatic rings. The van der Waals surface area contributed by atoms with Crippen LogP contribution in [0.25, 0.3) is 0 Å². The summed E-state index contributed by atoms with van der Waals surface area (Å²) >= 11 is 1.41. The van der Waals surface area contributed by atoms with Crippen LogP contribution >= 0.6 is 11.8 Å². The molecule has 0 radical (unpaired) electrons. The quantitative estimate of drug-likeness (QED) is 0.577. The minimum absolute atomic E-state index is 0.0705. The van der Waals surface area contributed by atoms with Gasteiger partial charge < -0.3 is 9.64 Å². The fraction of sp³-hybridized carbons (Fsp3) is 0.474. The Labute approximate surface area is 153 Å². The Morgan fingerprint density at radius 1 is 1.32 bits per heavy atom. The maximum absolute atomic E-state index is 12.1. The minimum Gasteiger partial charge on any atom is -0.466 e. The Bertz CT molecular complexity index is 647. The summed E-state index contributed by atoms with van der Waals surface area (Å²) in [6.07, 6.45) is 4.72. The zero-order valence-corrected chi connectivity index (χ0v) is 15.3. The predicted octanol–water partition coefficient (Wildman–Crippen LogP) is 2.80. The van der Waals surface area contributed by atoms with E-state index < -0.39 is 5.97 Å².